The summed E-state index contributed by atoms with van der Waals surface area (Å²) in [7, 11) is 0. The van der Waals surface area contributed by atoms with Gasteiger partial charge in [-0.15, -0.1) is 0 Å². The molecular weight excluding hydrogens is 323 g/mol. The lowest BCUT2D eigenvalue weighted by molar-refractivity contribution is 0.837. The minimum atomic E-state index is 0.389. The third-order valence-corrected chi connectivity index (χ3v) is 4.39. The molecule has 0 radical (unpaired) electrons. The van der Waals surface area contributed by atoms with Gasteiger partial charge in [-0.3, -0.25) is 0 Å². The Morgan fingerprint density at radius 3 is 2.48 bits per heavy atom. The molecule has 0 aliphatic rings. The molecule has 1 heterocycles. The molecule has 5 heteroatoms. The van der Waals surface area contributed by atoms with Crippen molar-refractivity contribution in [2.24, 2.45) is 5.73 Å². The van der Waals surface area contributed by atoms with E-state index in [9.17, 15) is 0 Å². The summed E-state index contributed by atoms with van der Waals surface area (Å²) >= 11 is 17.5. The fourth-order valence-electron chi connectivity index (χ4n) is 2.33. The summed E-state index contributed by atoms with van der Waals surface area (Å²) in [6.45, 7) is 0.600. The van der Waals surface area contributed by atoms with Gasteiger partial charge in [0, 0.05) is 32.9 Å². The molecule has 0 saturated heterocycles. The first kappa shape index (κ1) is 14.4. The number of nitrogens with zero attached hydrogens (tertiary/aromatic N) is 1. The maximum atomic E-state index is 6.24. The summed E-state index contributed by atoms with van der Waals surface area (Å²) in [6.07, 6.45) is 2.01. The van der Waals surface area contributed by atoms with E-state index in [2.05, 4.69) is 4.57 Å². The maximum absolute atomic E-state index is 6.24. The van der Waals surface area contributed by atoms with Gasteiger partial charge in [-0.25, -0.2) is 0 Å². The Hall–Kier alpha value is -1.55. The van der Waals surface area contributed by atoms with Gasteiger partial charge in [-0.2, -0.15) is 0 Å². The van der Waals surface area contributed by atoms with Gasteiger partial charge in [0.2, 0.25) is 0 Å². The van der Waals surface area contributed by atoms with Crippen molar-refractivity contribution < 1.29 is 0 Å². The molecule has 0 aliphatic heterocycles. The molecule has 0 amide bonds. The number of nitrogens with two attached hydrogens (primary N) is 1. The number of halogens is 2. The van der Waals surface area contributed by atoms with E-state index >= 15 is 0 Å². The molecule has 2 nitrogen and oxygen atoms in total. The van der Waals surface area contributed by atoms with Crippen molar-refractivity contribution >= 4 is 51.3 Å². The molecule has 0 unspecified atom stereocenters. The first-order valence-corrected chi connectivity index (χ1v) is 7.54. The average Bonchev–Trinajstić information content (AvgIpc) is 2.85. The number of aromatic nitrogens is 1. The van der Waals surface area contributed by atoms with Crippen molar-refractivity contribution in [1.82, 2.24) is 4.57 Å². The first-order chi connectivity index (χ1) is 10.1. The van der Waals surface area contributed by atoms with Gasteiger partial charge in [-0.1, -0.05) is 53.6 Å². The predicted octanol–water partition coefficient (Wildman–Crippen LogP) is 4.63. The van der Waals surface area contributed by atoms with E-state index in [1.54, 1.807) is 0 Å². The lowest BCUT2D eigenvalue weighted by Gasteiger charge is -2.10. The molecule has 0 bridgehead atoms. The molecule has 0 spiro atoms. The molecule has 21 heavy (non-hydrogen) atoms. The molecule has 106 valence electrons. The van der Waals surface area contributed by atoms with Crippen molar-refractivity contribution in [1.29, 1.82) is 0 Å². The standard InChI is InChI=1S/C16H12Cl2N2S/c17-13-2-1-3-14(18)12(13)9-20-7-6-10-4-5-11(16(19)21)8-15(10)20/h1-8H,9H2,(H2,19,21). The van der Waals surface area contributed by atoms with Crippen LogP contribution >= 0.6 is 35.4 Å². The topological polar surface area (TPSA) is 30.9 Å². The van der Waals surface area contributed by atoms with Gasteiger partial charge in [-0.05, 0) is 29.7 Å². The van der Waals surface area contributed by atoms with Crippen molar-refractivity contribution in [3.05, 3.63) is 69.8 Å². The highest BCUT2D eigenvalue weighted by Gasteiger charge is 2.09. The number of rotatable bonds is 3. The van der Waals surface area contributed by atoms with Crippen LogP contribution in [0.4, 0.5) is 0 Å². The fourth-order valence-corrected chi connectivity index (χ4v) is 2.97. The Morgan fingerprint density at radius 1 is 1.10 bits per heavy atom. The van der Waals surface area contributed by atoms with Crippen LogP contribution in [0.1, 0.15) is 11.1 Å². The molecule has 0 aliphatic carbocycles. The second-order valence-corrected chi connectivity index (χ2v) is 6.04. The van der Waals surface area contributed by atoms with Crippen molar-refractivity contribution in [3.8, 4) is 0 Å². The van der Waals surface area contributed by atoms with E-state index in [0.717, 1.165) is 22.0 Å². The van der Waals surface area contributed by atoms with Crippen LogP contribution in [0, 0.1) is 0 Å². The van der Waals surface area contributed by atoms with Crippen LogP contribution in [0.25, 0.3) is 10.9 Å². The SMILES string of the molecule is NC(=S)c1ccc2ccn(Cc3c(Cl)cccc3Cl)c2c1. The normalized spacial score (nSPS) is 11.0. The molecule has 1 aromatic heterocycles. The molecule has 0 atom stereocenters. The third-order valence-electron chi connectivity index (χ3n) is 3.45. The molecule has 3 aromatic rings. The molecular formula is C16H12Cl2N2S. The van der Waals surface area contributed by atoms with Crippen molar-refractivity contribution in [2.75, 3.05) is 0 Å². The van der Waals surface area contributed by atoms with Crippen LogP contribution in [-0.4, -0.2) is 9.56 Å². The van der Waals surface area contributed by atoms with Crippen LogP contribution in [0.5, 0.6) is 0 Å². The largest absolute Gasteiger partial charge is 0.389 e. The van der Waals surface area contributed by atoms with E-state index in [1.165, 1.54) is 0 Å². The Bertz CT molecular complexity index is 819. The van der Waals surface area contributed by atoms with E-state index in [0.29, 0.717) is 21.6 Å². The van der Waals surface area contributed by atoms with E-state index in [-0.39, 0.29) is 0 Å². The van der Waals surface area contributed by atoms with E-state index in [4.69, 9.17) is 41.2 Å². The molecule has 2 aromatic carbocycles. The quantitative estimate of drug-likeness (QED) is 0.708. The fraction of sp³-hybridized carbons (Fsp3) is 0.0625. The zero-order chi connectivity index (χ0) is 15.0. The second-order valence-electron chi connectivity index (χ2n) is 4.78. The third kappa shape index (κ3) is 2.77. The van der Waals surface area contributed by atoms with Gasteiger partial charge in [0.05, 0.1) is 6.54 Å². The van der Waals surface area contributed by atoms with Crippen LogP contribution in [-0.2, 0) is 6.54 Å². The van der Waals surface area contributed by atoms with Crippen molar-refractivity contribution in [2.45, 2.75) is 6.54 Å². The maximum Gasteiger partial charge on any atom is 0.104 e. The van der Waals surface area contributed by atoms with Gasteiger partial charge in [0.1, 0.15) is 4.99 Å². The highest BCUT2D eigenvalue weighted by Crippen LogP contribution is 2.27. The summed E-state index contributed by atoms with van der Waals surface area (Å²) in [6, 6.07) is 13.5. The first-order valence-electron chi connectivity index (χ1n) is 6.38. The molecule has 0 saturated carbocycles. The lowest BCUT2D eigenvalue weighted by Crippen LogP contribution is -2.09. The van der Waals surface area contributed by atoms with Crippen molar-refractivity contribution in [3.63, 3.8) is 0 Å². The summed E-state index contributed by atoms with van der Waals surface area (Å²) in [4.78, 5) is 0.389. The zero-order valence-corrected chi connectivity index (χ0v) is 13.3. The summed E-state index contributed by atoms with van der Waals surface area (Å²) in [5.74, 6) is 0. The molecule has 2 N–H and O–H groups in total. The number of hydrogen-bond donors (Lipinski definition) is 1. The summed E-state index contributed by atoms with van der Waals surface area (Å²) in [5.41, 5.74) is 8.51. The molecule has 3 rings (SSSR count). The number of hydrogen-bond acceptors (Lipinski definition) is 1. The summed E-state index contributed by atoms with van der Waals surface area (Å²) in [5, 5.41) is 2.45. The van der Waals surface area contributed by atoms with Crippen LogP contribution in [0.15, 0.2) is 48.7 Å². The van der Waals surface area contributed by atoms with Crippen LogP contribution in [0.3, 0.4) is 0 Å². The van der Waals surface area contributed by atoms with Crippen LogP contribution in [0.2, 0.25) is 10.0 Å². The van der Waals surface area contributed by atoms with E-state index in [1.807, 2.05) is 48.7 Å². The zero-order valence-electron chi connectivity index (χ0n) is 11.0. The Kier molecular flexibility index (Phi) is 3.89. The number of fused-ring (bicyclic) bond motifs is 1. The summed E-state index contributed by atoms with van der Waals surface area (Å²) < 4.78 is 2.09. The predicted molar refractivity (Wildman–Crippen MR) is 93.4 cm³/mol. The van der Waals surface area contributed by atoms with Gasteiger partial charge < -0.3 is 10.3 Å². The van der Waals surface area contributed by atoms with Gasteiger partial charge in [0.25, 0.3) is 0 Å². The lowest BCUT2D eigenvalue weighted by atomic mass is 10.1. The van der Waals surface area contributed by atoms with E-state index < -0.39 is 0 Å². The molecule has 0 fully saturated rings. The minimum Gasteiger partial charge on any atom is -0.389 e. The van der Waals surface area contributed by atoms with Gasteiger partial charge in [0.15, 0.2) is 0 Å². The average molecular weight is 335 g/mol. The van der Waals surface area contributed by atoms with Gasteiger partial charge >= 0.3 is 0 Å². The smallest absolute Gasteiger partial charge is 0.104 e. The monoisotopic (exact) mass is 334 g/mol. The highest BCUT2D eigenvalue weighted by molar-refractivity contribution is 7.80. The highest BCUT2D eigenvalue weighted by atomic mass is 35.5. The van der Waals surface area contributed by atoms with Crippen LogP contribution < -0.4 is 5.73 Å². The number of benzene rings is 2. The Morgan fingerprint density at radius 2 is 1.81 bits per heavy atom. The minimum absolute atomic E-state index is 0.389. The second kappa shape index (κ2) is 5.68. The Balaban J connectivity index is 2.08. The number of thiocarbonyl (C=S) groups is 1. The Labute approximate surface area is 138 Å².